The highest BCUT2D eigenvalue weighted by Gasteiger charge is 2.50. The van der Waals surface area contributed by atoms with Gasteiger partial charge in [-0.3, -0.25) is 15.0 Å². The number of amides is 2. The minimum absolute atomic E-state index is 0.0666. The summed E-state index contributed by atoms with van der Waals surface area (Å²) in [5.41, 5.74) is 2.94. The highest BCUT2D eigenvalue weighted by Crippen LogP contribution is 2.46. The first-order valence-electron chi connectivity index (χ1n) is 11.3. The Morgan fingerprint density at radius 1 is 0.889 bits per heavy atom. The average molecular weight is 476 g/mol. The highest BCUT2D eigenvalue weighted by atomic mass is 16.4. The number of imidazole rings is 1. The molecule has 1 aromatic heterocycles. The molecule has 0 aliphatic carbocycles. The summed E-state index contributed by atoms with van der Waals surface area (Å²) in [6.45, 7) is 0. The Morgan fingerprint density at radius 2 is 1.64 bits per heavy atom. The Labute approximate surface area is 205 Å². The van der Waals surface area contributed by atoms with E-state index >= 15 is 0 Å². The van der Waals surface area contributed by atoms with Crippen molar-refractivity contribution in [2.75, 3.05) is 10.2 Å². The van der Waals surface area contributed by atoms with Crippen LogP contribution < -0.4 is 10.2 Å². The van der Waals surface area contributed by atoms with Gasteiger partial charge in [-0.1, -0.05) is 66.7 Å². The van der Waals surface area contributed by atoms with Crippen LogP contribution in [-0.2, 0) is 5.72 Å². The number of carbonyl (C=O) groups excluding carboxylic acids is 1. The molecule has 1 unspecified atom stereocenters. The zero-order chi connectivity index (χ0) is 24.9. The molecule has 0 saturated carbocycles. The normalized spacial score (nSPS) is 16.8. The van der Waals surface area contributed by atoms with Gasteiger partial charge in [-0.15, -0.1) is 0 Å². The Kier molecular flexibility index (Phi) is 4.84. The second-order valence-electron chi connectivity index (χ2n) is 8.52. The number of nitrogens with zero attached hydrogens (tertiary/aromatic N) is 2. The fraction of sp³-hybridized carbons (Fsp3) is 0.0357. The maximum atomic E-state index is 13.7. The van der Waals surface area contributed by atoms with E-state index in [0.717, 1.165) is 11.1 Å². The molecular weight excluding hydrogens is 456 g/mol. The summed E-state index contributed by atoms with van der Waals surface area (Å²) < 4.78 is 0. The van der Waals surface area contributed by atoms with E-state index in [1.54, 1.807) is 48.5 Å². The predicted octanol–water partition coefficient (Wildman–Crippen LogP) is 5.17. The summed E-state index contributed by atoms with van der Waals surface area (Å²) in [6, 6.07) is 29.3. The van der Waals surface area contributed by atoms with E-state index in [9.17, 15) is 14.7 Å². The standard InChI is InChI=1S/C28H20N4O4/c33-25-21-11-4-5-12-22(21)28(36,19-13-14-23-24(16-19)30-26(29-23)31-27(34)35)32(25)20-10-6-9-18(15-20)17-7-2-1-3-8-17/h1-16,36H,(H,34,35)(H2,29,30,31). The van der Waals surface area contributed by atoms with Gasteiger partial charge in [0.05, 0.1) is 11.0 Å². The lowest BCUT2D eigenvalue weighted by molar-refractivity contribution is 0.0704. The third-order valence-corrected chi connectivity index (χ3v) is 6.38. The topological polar surface area (TPSA) is 119 Å². The number of fused-ring (bicyclic) bond motifs is 2. The van der Waals surface area contributed by atoms with Crippen LogP contribution in [0.3, 0.4) is 0 Å². The second kappa shape index (κ2) is 8.07. The Bertz CT molecular complexity index is 1650. The van der Waals surface area contributed by atoms with Gasteiger partial charge in [-0.2, -0.15) is 0 Å². The van der Waals surface area contributed by atoms with Crippen LogP contribution in [0, 0.1) is 0 Å². The first kappa shape index (κ1) is 21.6. The van der Waals surface area contributed by atoms with Crippen LogP contribution in [0.5, 0.6) is 0 Å². The molecule has 8 nitrogen and oxygen atoms in total. The van der Waals surface area contributed by atoms with Crippen LogP contribution in [0.25, 0.3) is 22.2 Å². The summed E-state index contributed by atoms with van der Waals surface area (Å²) in [5.74, 6) is -0.259. The van der Waals surface area contributed by atoms with Gasteiger partial charge in [0.15, 0.2) is 5.72 Å². The maximum Gasteiger partial charge on any atom is 0.411 e. The van der Waals surface area contributed by atoms with Gasteiger partial charge in [0.25, 0.3) is 5.91 Å². The van der Waals surface area contributed by atoms with Crippen molar-refractivity contribution in [1.29, 1.82) is 0 Å². The van der Waals surface area contributed by atoms with Crippen molar-refractivity contribution in [3.05, 3.63) is 114 Å². The van der Waals surface area contributed by atoms with E-state index in [1.807, 2.05) is 48.5 Å². The molecular formula is C28H20N4O4. The van der Waals surface area contributed by atoms with Crippen molar-refractivity contribution >= 4 is 34.7 Å². The molecule has 1 atom stereocenters. The van der Waals surface area contributed by atoms with Gasteiger partial charge in [0.1, 0.15) is 0 Å². The third-order valence-electron chi connectivity index (χ3n) is 6.38. The average Bonchev–Trinajstić information content (AvgIpc) is 3.40. The van der Waals surface area contributed by atoms with Crippen LogP contribution in [0.15, 0.2) is 97.1 Å². The predicted molar refractivity (Wildman–Crippen MR) is 136 cm³/mol. The molecule has 4 aromatic carbocycles. The van der Waals surface area contributed by atoms with Gasteiger partial charge in [0.2, 0.25) is 5.95 Å². The molecule has 0 fully saturated rings. The lowest BCUT2D eigenvalue weighted by Gasteiger charge is -2.35. The fourth-order valence-corrected chi connectivity index (χ4v) is 4.79. The monoisotopic (exact) mass is 476 g/mol. The summed E-state index contributed by atoms with van der Waals surface area (Å²) >= 11 is 0. The molecule has 36 heavy (non-hydrogen) atoms. The van der Waals surface area contributed by atoms with Crippen molar-refractivity contribution < 1.29 is 19.8 Å². The van der Waals surface area contributed by atoms with Gasteiger partial charge in [-0.05, 0) is 41.5 Å². The molecule has 0 radical (unpaired) electrons. The first-order valence-corrected chi connectivity index (χ1v) is 11.3. The van der Waals surface area contributed by atoms with Crippen molar-refractivity contribution in [3.8, 4) is 11.1 Å². The van der Waals surface area contributed by atoms with Gasteiger partial charge >= 0.3 is 6.09 Å². The molecule has 0 bridgehead atoms. The third kappa shape index (κ3) is 3.31. The number of aromatic nitrogens is 2. The number of rotatable bonds is 4. The van der Waals surface area contributed by atoms with Gasteiger partial charge < -0.3 is 15.2 Å². The molecule has 0 spiro atoms. The van der Waals surface area contributed by atoms with Crippen LogP contribution >= 0.6 is 0 Å². The minimum Gasteiger partial charge on any atom is -0.465 e. The number of aliphatic hydroxyl groups is 1. The molecule has 5 aromatic rings. The summed E-state index contributed by atoms with van der Waals surface area (Å²) in [7, 11) is 0. The SMILES string of the molecule is O=C(O)Nc1nc2cc(C3(O)c4ccccc4C(=O)N3c3cccc(-c4ccccc4)c3)ccc2[nH]1. The van der Waals surface area contributed by atoms with E-state index in [4.69, 9.17) is 5.11 Å². The molecule has 2 heterocycles. The summed E-state index contributed by atoms with van der Waals surface area (Å²) in [5, 5.41) is 23.5. The number of benzene rings is 4. The van der Waals surface area contributed by atoms with Crippen molar-refractivity contribution in [1.82, 2.24) is 9.97 Å². The minimum atomic E-state index is -1.81. The van der Waals surface area contributed by atoms with Gasteiger partial charge in [0, 0.05) is 22.4 Å². The van der Waals surface area contributed by atoms with Crippen LogP contribution in [0.4, 0.5) is 16.4 Å². The molecule has 1 aliphatic heterocycles. The largest absolute Gasteiger partial charge is 0.465 e. The quantitative estimate of drug-likeness (QED) is 0.285. The van der Waals surface area contributed by atoms with Crippen LogP contribution in [0.2, 0.25) is 0 Å². The Morgan fingerprint density at radius 3 is 2.44 bits per heavy atom. The number of hydrogen-bond acceptors (Lipinski definition) is 4. The van der Waals surface area contributed by atoms with E-state index in [2.05, 4.69) is 15.3 Å². The van der Waals surface area contributed by atoms with E-state index in [-0.39, 0.29) is 11.9 Å². The number of aromatic amines is 1. The zero-order valence-corrected chi connectivity index (χ0v) is 18.8. The first-order chi connectivity index (χ1) is 17.4. The van der Waals surface area contributed by atoms with Crippen molar-refractivity contribution in [3.63, 3.8) is 0 Å². The fourth-order valence-electron chi connectivity index (χ4n) is 4.79. The molecule has 176 valence electrons. The molecule has 4 N–H and O–H groups in total. The van der Waals surface area contributed by atoms with Crippen molar-refractivity contribution in [2.45, 2.75) is 5.72 Å². The number of nitrogens with one attached hydrogen (secondary N) is 2. The smallest absolute Gasteiger partial charge is 0.411 e. The molecule has 6 rings (SSSR count). The highest BCUT2D eigenvalue weighted by molar-refractivity contribution is 6.12. The van der Waals surface area contributed by atoms with E-state index < -0.39 is 11.8 Å². The zero-order valence-electron chi connectivity index (χ0n) is 18.8. The Balaban J connectivity index is 1.52. The number of anilines is 2. The van der Waals surface area contributed by atoms with Crippen molar-refractivity contribution in [2.24, 2.45) is 0 Å². The van der Waals surface area contributed by atoms with E-state index in [1.165, 1.54) is 4.90 Å². The number of carboxylic acid groups (broad SMARTS) is 1. The van der Waals surface area contributed by atoms with E-state index in [0.29, 0.717) is 33.4 Å². The number of hydrogen-bond donors (Lipinski definition) is 4. The van der Waals surface area contributed by atoms with Crippen LogP contribution in [-0.4, -0.2) is 32.2 Å². The lowest BCUT2D eigenvalue weighted by atomic mass is 9.93. The second-order valence-corrected chi connectivity index (χ2v) is 8.52. The molecule has 0 saturated heterocycles. The number of carbonyl (C=O) groups is 2. The molecule has 8 heteroatoms. The molecule has 2 amide bonds. The lowest BCUT2D eigenvalue weighted by Crippen LogP contribution is -2.45. The maximum absolute atomic E-state index is 13.7. The number of H-pyrrole nitrogens is 1. The Hall–Kier alpha value is -4.95. The molecule has 1 aliphatic rings. The summed E-state index contributed by atoms with van der Waals surface area (Å²) in [4.78, 5) is 33.3. The van der Waals surface area contributed by atoms with Gasteiger partial charge in [-0.25, -0.2) is 9.78 Å². The van der Waals surface area contributed by atoms with Crippen LogP contribution in [0.1, 0.15) is 21.5 Å². The summed E-state index contributed by atoms with van der Waals surface area (Å²) in [6.07, 6.45) is -1.24.